The van der Waals surface area contributed by atoms with Crippen molar-refractivity contribution >= 4 is 15.9 Å². The SMILES string of the molecule is COc1c(C(C)C)cc(Br)c(C)c1C1CC(CN)CN1C. The summed E-state index contributed by atoms with van der Waals surface area (Å²) in [6, 6.07) is 2.60. The molecule has 1 heterocycles. The van der Waals surface area contributed by atoms with Gasteiger partial charge in [-0.05, 0) is 56.0 Å². The van der Waals surface area contributed by atoms with Crippen molar-refractivity contribution in [2.75, 3.05) is 27.2 Å². The van der Waals surface area contributed by atoms with Gasteiger partial charge in [0.05, 0.1) is 7.11 Å². The number of rotatable bonds is 4. The summed E-state index contributed by atoms with van der Waals surface area (Å²) in [5.74, 6) is 2.07. The molecule has 0 aliphatic carbocycles. The minimum absolute atomic E-state index is 0.392. The Balaban J connectivity index is 2.56. The van der Waals surface area contributed by atoms with Crippen molar-refractivity contribution in [3.63, 3.8) is 0 Å². The molecule has 1 fully saturated rings. The van der Waals surface area contributed by atoms with Gasteiger partial charge in [-0.25, -0.2) is 0 Å². The van der Waals surface area contributed by atoms with E-state index in [1.54, 1.807) is 7.11 Å². The van der Waals surface area contributed by atoms with Crippen molar-refractivity contribution in [3.05, 3.63) is 27.2 Å². The molecule has 0 bridgehead atoms. The van der Waals surface area contributed by atoms with Crippen molar-refractivity contribution in [3.8, 4) is 5.75 Å². The van der Waals surface area contributed by atoms with Crippen LogP contribution < -0.4 is 10.5 Å². The van der Waals surface area contributed by atoms with E-state index in [0.717, 1.165) is 25.3 Å². The molecular weight excluding hydrogens is 328 g/mol. The maximum Gasteiger partial charge on any atom is 0.127 e. The number of methoxy groups -OCH3 is 1. The molecule has 2 unspecified atom stereocenters. The van der Waals surface area contributed by atoms with E-state index in [0.29, 0.717) is 17.9 Å². The number of ether oxygens (including phenoxy) is 1. The highest BCUT2D eigenvalue weighted by molar-refractivity contribution is 9.10. The largest absolute Gasteiger partial charge is 0.496 e. The predicted molar refractivity (Wildman–Crippen MR) is 92.1 cm³/mol. The van der Waals surface area contributed by atoms with Gasteiger partial charge in [0.15, 0.2) is 0 Å². The monoisotopic (exact) mass is 354 g/mol. The Hall–Kier alpha value is -0.580. The highest BCUT2D eigenvalue weighted by Crippen LogP contribution is 2.45. The van der Waals surface area contributed by atoms with Crippen LogP contribution in [0.5, 0.6) is 5.75 Å². The molecule has 21 heavy (non-hydrogen) atoms. The average molecular weight is 355 g/mol. The molecule has 1 saturated heterocycles. The number of halogens is 1. The Morgan fingerprint density at radius 3 is 2.62 bits per heavy atom. The fraction of sp³-hybridized carbons (Fsp3) is 0.647. The van der Waals surface area contributed by atoms with Crippen LogP contribution in [0.15, 0.2) is 10.5 Å². The normalized spacial score (nSPS) is 23.0. The number of benzene rings is 1. The van der Waals surface area contributed by atoms with Crippen LogP contribution in [0.25, 0.3) is 0 Å². The third kappa shape index (κ3) is 3.13. The molecule has 0 saturated carbocycles. The van der Waals surface area contributed by atoms with Gasteiger partial charge in [-0.1, -0.05) is 29.8 Å². The van der Waals surface area contributed by atoms with Gasteiger partial charge in [0.2, 0.25) is 0 Å². The van der Waals surface area contributed by atoms with Gasteiger partial charge in [0, 0.05) is 22.6 Å². The second-order valence-corrected chi connectivity index (χ2v) is 7.32. The Kier molecular flexibility index (Phi) is 5.33. The van der Waals surface area contributed by atoms with E-state index in [1.165, 1.54) is 21.2 Å². The maximum absolute atomic E-state index is 5.89. The molecule has 3 nitrogen and oxygen atoms in total. The van der Waals surface area contributed by atoms with Crippen LogP contribution in [0.4, 0.5) is 0 Å². The van der Waals surface area contributed by atoms with Gasteiger partial charge in [0.1, 0.15) is 5.75 Å². The van der Waals surface area contributed by atoms with Crippen molar-refractivity contribution in [2.45, 2.75) is 39.2 Å². The number of hydrogen-bond acceptors (Lipinski definition) is 3. The number of hydrogen-bond donors (Lipinski definition) is 1. The highest BCUT2D eigenvalue weighted by Gasteiger charge is 2.34. The van der Waals surface area contributed by atoms with Gasteiger partial charge in [-0.15, -0.1) is 0 Å². The van der Waals surface area contributed by atoms with E-state index in [9.17, 15) is 0 Å². The van der Waals surface area contributed by atoms with E-state index in [4.69, 9.17) is 10.5 Å². The zero-order valence-corrected chi connectivity index (χ0v) is 15.3. The molecule has 1 aromatic rings. The molecule has 1 aliphatic heterocycles. The van der Waals surface area contributed by atoms with Crippen molar-refractivity contribution in [1.29, 1.82) is 0 Å². The summed E-state index contributed by atoms with van der Waals surface area (Å²) in [5.41, 5.74) is 9.77. The molecule has 2 atom stereocenters. The van der Waals surface area contributed by atoms with E-state index in [1.807, 2.05) is 0 Å². The van der Waals surface area contributed by atoms with Crippen molar-refractivity contribution in [1.82, 2.24) is 4.90 Å². The van der Waals surface area contributed by atoms with Gasteiger partial charge in [0.25, 0.3) is 0 Å². The fourth-order valence-corrected chi connectivity index (χ4v) is 3.90. The topological polar surface area (TPSA) is 38.5 Å². The molecule has 118 valence electrons. The van der Waals surface area contributed by atoms with E-state index in [2.05, 4.69) is 54.7 Å². The van der Waals surface area contributed by atoms with E-state index in [-0.39, 0.29) is 0 Å². The molecule has 2 rings (SSSR count). The first-order valence-electron chi connectivity index (χ1n) is 7.67. The fourth-order valence-electron chi connectivity index (χ4n) is 3.44. The van der Waals surface area contributed by atoms with Crippen LogP contribution in [0.2, 0.25) is 0 Å². The summed E-state index contributed by atoms with van der Waals surface area (Å²) < 4.78 is 7.00. The first kappa shape index (κ1) is 16.8. The van der Waals surface area contributed by atoms with Crippen LogP contribution in [-0.4, -0.2) is 32.1 Å². The average Bonchev–Trinajstić information content (AvgIpc) is 2.81. The third-order valence-electron chi connectivity index (χ3n) is 4.68. The highest BCUT2D eigenvalue weighted by atomic mass is 79.9. The quantitative estimate of drug-likeness (QED) is 0.892. The van der Waals surface area contributed by atoms with Crippen LogP contribution in [0.1, 0.15) is 48.9 Å². The second kappa shape index (κ2) is 6.67. The molecule has 2 N–H and O–H groups in total. The number of nitrogens with zero attached hydrogens (tertiary/aromatic N) is 1. The summed E-state index contributed by atoms with van der Waals surface area (Å²) in [7, 11) is 3.97. The standard InChI is InChI=1S/C17H27BrN2O/c1-10(2)13-7-14(18)11(3)16(17(13)21-5)15-6-12(8-19)9-20(15)4/h7,10,12,15H,6,8-9,19H2,1-5H3. The third-order valence-corrected chi connectivity index (χ3v) is 5.50. The lowest BCUT2D eigenvalue weighted by atomic mass is 9.90. The Morgan fingerprint density at radius 2 is 2.14 bits per heavy atom. The Morgan fingerprint density at radius 1 is 1.48 bits per heavy atom. The Bertz CT molecular complexity index is 516. The van der Waals surface area contributed by atoms with Crippen molar-refractivity contribution in [2.24, 2.45) is 11.7 Å². The first-order chi connectivity index (χ1) is 9.90. The zero-order chi connectivity index (χ0) is 15.7. The number of nitrogens with two attached hydrogens (primary N) is 1. The summed E-state index contributed by atoms with van der Waals surface area (Å²) in [6.45, 7) is 8.42. The Labute approximate surface area is 137 Å². The lowest BCUT2D eigenvalue weighted by molar-refractivity contribution is 0.300. The zero-order valence-electron chi connectivity index (χ0n) is 13.7. The molecule has 1 aliphatic rings. The van der Waals surface area contributed by atoms with Gasteiger partial charge >= 0.3 is 0 Å². The minimum atomic E-state index is 0.392. The van der Waals surface area contributed by atoms with E-state index >= 15 is 0 Å². The lowest BCUT2D eigenvalue weighted by Crippen LogP contribution is -2.21. The maximum atomic E-state index is 5.89. The molecular formula is C17H27BrN2O. The molecule has 1 aromatic carbocycles. The molecule has 0 spiro atoms. The lowest BCUT2D eigenvalue weighted by Gasteiger charge is -2.27. The van der Waals surface area contributed by atoms with Crippen molar-refractivity contribution < 1.29 is 4.74 Å². The molecule has 0 radical (unpaired) electrons. The van der Waals surface area contributed by atoms with Gasteiger partial charge < -0.3 is 10.5 Å². The van der Waals surface area contributed by atoms with E-state index < -0.39 is 0 Å². The first-order valence-corrected chi connectivity index (χ1v) is 8.47. The predicted octanol–water partition coefficient (Wildman–Crippen LogP) is 3.84. The van der Waals surface area contributed by atoms with Gasteiger partial charge in [-0.2, -0.15) is 0 Å². The molecule has 0 amide bonds. The summed E-state index contributed by atoms with van der Waals surface area (Å²) in [6.07, 6.45) is 1.11. The van der Waals surface area contributed by atoms with Gasteiger partial charge in [-0.3, -0.25) is 4.90 Å². The van der Waals surface area contributed by atoms with Crippen LogP contribution in [0, 0.1) is 12.8 Å². The summed E-state index contributed by atoms with van der Waals surface area (Å²) >= 11 is 3.73. The molecule has 4 heteroatoms. The summed E-state index contributed by atoms with van der Waals surface area (Å²) in [5, 5.41) is 0. The smallest absolute Gasteiger partial charge is 0.127 e. The second-order valence-electron chi connectivity index (χ2n) is 6.47. The summed E-state index contributed by atoms with van der Waals surface area (Å²) in [4.78, 5) is 2.42. The van der Waals surface area contributed by atoms with Crippen LogP contribution in [0.3, 0.4) is 0 Å². The number of likely N-dealkylation sites (tertiary alicyclic amines) is 1. The van der Waals surface area contributed by atoms with Crippen LogP contribution >= 0.6 is 15.9 Å². The minimum Gasteiger partial charge on any atom is -0.496 e. The van der Waals surface area contributed by atoms with Crippen LogP contribution in [-0.2, 0) is 0 Å². The molecule has 0 aromatic heterocycles.